The van der Waals surface area contributed by atoms with E-state index in [0.29, 0.717) is 34.2 Å². The normalized spacial score (nSPS) is 19.1. The quantitative estimate of drug-likeness (QED) is 0.430. The molecule has 1 aromatic carbocycles. The number of ether oxygens (including phenoxy) is 1. The number of likely N-dealkylation sites (tertiary alicyclic amines) is 1. The van der Waals surface area contributed by atoms with Crippen molar-refractivity contribution in [1.82, 2.24) is 15.2 Å². The number of amides is 4. The molecule has 4 amide bonds. The van der Waals surface area contributed by atoms with Gasteiger partial charge in [-0.15, -0.1) is 11.3 Å². The van der Waals surface area contributed by atoms with Gasteiger partial charge in [-0.1, -0.05) is 6.58 Å². The highest BCUT2D eigenvalue weighted by molar-refractivity contribution is 7.21. The fraction of sp³-hybridized carbons (Fsp3) is 0.357. The number of thiophene rings is 1. The van der Waals surface area contributed by atoms with Crippen LogP contribution in [-0.2, 0) is 4.79 Å². The average Bonchev–Trinajstić information content (AvgIpc) is 3.26. The second-order valence-corrected chi connectivity index (χ2v) is 11.0. The van der Waals surface area contributed by atoms with E-state index in [9.17, 15) is 14.4 Å². The summed E-state index contributed by atoms with van der Waals surface area (Å²) in [6.45, 7) is 6.60. The van der Waals surface area contributed by atoms with Gasteiger partial charge in [0.2, 0.25) is 5.91 Å². The summed E-state index contributed by atoms with van der Waals surface area (Å²) in [4.78, 5) is 47.8. The average molecular weight is 532 g/mol. The Morgan fingerprint density at radius 2 is 2.05 bits per heavy atom. The van der Waals surface area contributed by atoms with Gasteiger partial charge in [0.25, 0.3) is 5.91 Å². The van der Waals surface area contributed by atoms with Crippen molar-refractivity contribution in [1.29, 1.82) is 0 Å². The summed E-state index contributed by atoms with van der Waals surface area (Å²) >= 11 is 1.25. The fourth-order valence-electron chi connectivity index (χ4n) is 5.29. The smallest absolute Gasteiger partial charge is 0.331 e. The van der Waals surface area contributed by atoms with E-state index in [1.54, 1.807) is 22.1 Å². The van der Waals surface area contributed by atoms with Gasteiger partial charge in [-0.3, -0.25) is 14.5 Å². The number of carbonyl (C=O) groups is 3. The molecule has 1 saturated carbocycles. The first-order valence-corrected chi connectivity index (χ1v) is 13.8. The first-order valence-electron chi connectivity index (χ1n) is 12.9. The number of urea groups is 1. The molecule has 2 aliphatic heterocycles. The largest absolute Gasteiger partial charge is 0.490 e. The summed E-state index contributed by atoms with van der Waals surface area (Å²) in [5.41, 5.74) is 2.81. The standard InChI is InChI=1S/C28H29N5O4S/c1-3-22(34)32-13-5-6-17(15-32)30-26(35)25-24-23-21(11-12-29-27(23)38-25)33(28(36)31-24)20-10-9-19(14-16(20)2)37-18-7-4-8-18/h3,9-12,14,17-18H,1,4-8,13,15H2,2H3,(H,30,35)(H,31,36)/t17-/m1/s1. The van der Waals surface area contributed by atoms with Crippen LogP contribution in [0.25, 0.3) is 10.2 Å². The number of aromatic nitrogens is 1. The molecular formula is C28H29N5O4S. The summed E-state index contributed by atoms with van der Waals surface area (Å²) in [6, 6.07) is 7.05. The van der Waals surface area contributed by atoms with Gasteiger partial charge in [0.1, 0.15) is 15.5 Å². The van der Waals surface area contributed by atoms with Gasteiger partial charge >= 0.3 is 6.03 Å². The summed E-state index contributed by atoms with van der Waals surface area (Å²) in [5, 5.41) is 6.75. The molecular weight excluding hydrogens is 502 g/mol. The van der Waals surface area contributed by atoms with E-state index in [-0.39, 0.29) is 30.0 Å². The molecule has 196 valence electrons. The Morgan fingerprint density at radius 3 is 2.79 bits per heavy atom. The van der Waals surface area contributed by atoms with Crippen LogP contribution in [0.4, 0.5) is 21.9 Å². The number of pyridine rings is 1. The zero-order chi connectivity index (χ0) is 26.4. The van der Waals surface area contributed by atoms with E-state index >= 15 is 0 Å². The van der Waals surface area contributed by atoms with Crippen LogP contribution in [0.1, 0.15) is 47.3 Å². The molecule has 3 aromatic rings. The monoisotopic (exact) mass is 531 g/mol. The minimum Gasteiger partial charge on any atom is -0.490 e. The molecule has 2 aromatic heterocycles. The van der Waals surface area contributed by atoms with Crippen molar-refractivity contribution in [2.45, 2.75) is 51.2 Å². The molecule has 6 rings (SSSR count). The lowest BCUT2D eigenvalue weighted by Crippen LogP contribution is -2.49. The molecule has 0 radical (unpaired) electrons. The number of nitrogens with zero attached hydrogens (tertiary/aromatic N) is 3. The van der Waals surface area contributed by atoms with Crippen LogP contribution in [0.5, 0.6) is 5.75 Å². The summed E-state index contributed by atoms with van der Waals surface area (Å²) < 4.78 is 6.03. The Kier molecular flexibility index (Phi) is 6.27. The first kappa shape index (κ1) is 24.4. The molecule has 10 heteroatoms. The third-order valence-corrected chi connectivity index (χ3v) is 8.56. The zero-order valence-electron chi connectivity index (χ0n) is 21.2. The van der Waals surface area contributed by atoms with E-state index in [2.05, 4.69) is 22.2 Å². The first-order chi connectivity index (χ1) is 18.4. The van der Waals surface area contributed by atoms with Crippen molar-refractivity contribution in [3.05, 3.63) is 53.6 Å². The highest BCUT2D eigenvalue weighted by atomic mass is 32.1. The third kappa shape index (κ3) is 4.28. The lowest BCUT2D eigenvalue weighted by molar-refractivity contribution is -0.127. The van der Waals surface area contributed by atoms with Gasteiger partial charge < -0.3 is 20.3 Å². The van der Waals surface area contributed by atoms with Crippen LogP contribution in [0.3, 0.4) is 0 Å². The van der Waals surface area contributed by atoms with Crippen LogP contribution in [0.15, 0.2) is 43.1 Å². The summed E-state index contributed by atoms with van der Waals surface area (Å²) in [5.74, 6) is 0.383. The molecule has 0 bridgehead atoms. The van der Waals surface area contributed by atoms with Crippen LogP contribution < -0.4 is 20.3 Å². The number of nitrogens with one attached hydrogen (secondary N) is 2. The Morgan fingerprint density at radius 1 is 1.21 bits per heavy atom. The molecule has 1 atom stereocenters. The van der Waals surface area contributed by atoms with Gasteiger partial charge in [-0.25, -0.2) is 9.78 Å². The molecule has 9 nitrogen and oxygen atoms in total. The lowest BCUT2D eigenvalue weighted by atomic mass is 9.96. The second kappa shape index (κ2) is 9.75. The number of aryl methyl sites for hydroxylation is 1. The SMILES string of the molecule is C=CC(=O)N1CCC[C@@H](NC(=O)c2sc3nccc4c3c2NC(=O)N4c2ccc(OC3CCC3)cc2C)C1. The molecule has 1 saturated heterocycles. The van der Waals surface area contributed by atoms with Crippen molar-refractivity contribution >= 4 is 56.5 Å². The van der Waals surface area contributed by atoms with Gasteiger partial charge in [-0.05, 0) is 74.9 Å². The highest BCUT2D eigenvalue weighted by Crippen LogP contribution is 2.46. The minimum atomic E-state index is -0.339. The van der Waals surface area contributed by atoms with Crippen molar-refractivity contribution < 1.29 is 19.1 Å². The molecule has 0 unspecified atom stereocenters. The predicted molar refractivity (Wildman–Crippen MR) is 147 cm³/mol. The minimum absolute atomic E-state index is 0.139. The Bertz CT molecular complexity index is 1460. The van der Waals surface area contributed by atoms with E-state index in [4.69, 9.17) is 4.74 Å². The third-order valence-electron chi connectivity index (χ3n) is 7.46. The molecule has 2 fully saturated rings. The number of carbonyl (C=O) groups excluding carboxylic acids is 3. The number of piperidine rings is 1. The van der Waals surface area contributed by atoms with Crippen molar-refractivity contribution in [3.8, 4) is 5.75 Å². The summed E-state index contributed by atoms with van der Waals surface area (Å²) in [7, 11) is 0. The maximum atomic E-state index is 13.5. The maximum absolute atomic E-state index is 13.5. The highest BCUT2D eigenvalue weighted by Gasteiger charge is 2.34. The van der Waals surface area contributed by atoms with E-state index in [0.717, 1.165) is 48.1 Å². The number of benzene rings is 1. The number of hydrogen-bond acceptors (Lipinski definition) is 6. The number of rotatable bonds is 6. The zero-order valence-corrected chi connectivity index (χ0v) is 22.0. The number of hydrogen-bond donors (Lipinski definition) is 2. The van der Waals surface area contributed by atoms with Gasteiger partial charge in [0.15, 0.2) is 0 Å². The topological polar surface area (TPSA) is 104 Å². The van der Waals surface area contributed by atoms with Gasteiger partial charge in [-0.2, -0.15) is 0 Å². The Labute approximate surface area is 224 Å². The predicted octanol–water partition coefficient (Wildman–Crippen LogP) is 5.13. The van der Waals surface area contributed by atoms with Crippen LogP contribution >= 0.6 is 11.3 Å². The van der Waals surface area contributed by atoms with Crippen LogP contribution in [0, 0.1) is 6.92 Å². The van der Waals surface area contributed by atoms with E-state index in [1.165, 1.54) is 23.8 Å². The molecule has 1 aliphatic carbocycles. The number of anilines is 3. The lowest BCUT2D eigenvalue weighted by Gasteiger charge is -2.32. The summed E-state index contributed by atoms with van der Waals surface area (Å²) in [6.07, 6.45) is 8.15. The van der Waals surface area contributed by atoms with Gasteiger partial charge in [0, 0.05) is 25.3 Å². The Hall–Kier alpha value is -3.92. The van der Waals surface area contributed by atoms with E-state index in [1.807, 2.05) is 25.1 Å². The van der Waals surface area contributed by atoms with Crippen molar-refractivity contribution in [3.63, 3.8) is 0 Å². The molecule has 38 heavy (non-hydrogen) atoms. The Balaban J connectivity index is 1.29. The van der Waals surface area contributed by atoms with E-state index < -0.39 is 0 Å². The van der Waals surface area contributed by atoms with Crippen molar-refractivity contribution in [2.75, 3.05) is 23.3 Å². The van der Waals surface area contributed by atoms with Crippen LogP contribution in [0.2, 0.25) is 0 Å². The fourth-order valence-corrected chi connectivity index (χ4v) is 6.31. The van der Waals surface area contributed by atoms with Gasteiger partial charge in [0.05, 0.1) is 28.6 Å². The van der Waals surface area contributed by atoms with Crippen molar-refractivity contribution in [2.24, 2.45) is 0 Å². The molecule has 3 aliphatic rings. The molecule has 2 N–H and O–H groups in total. The maximum Gasteiger partial charge on any atom is 0.331 e. The molecule has 4 heterocycles. The van der Waals surface area contributed by atoms with Crippen LogP contribution in [-0.4, -0.2) is 53.0 Å². The molecule has 0 spiro atoms. The second-order valence-electron chi connectivity index (χ2n) is 10.0.